The quantitative estimate of drug-likeness (QED) is 0.201. The van der Waals surface area contributed by atoms with Crippen molar-refractivity contribution in [2.45, 2.75) is 11.9 Å². The summed E-state index contributed by atoms with van der Waals surface area (Å²) in [6, 6.07) is -0.482. The number of nitrogens with zero attached hydrogens (tertiary/aromatic N) is 3. The minimum Gasteiger partial charge on any atom is -0.477 e. The third kappa shape index (κ3) is 4.68. The highest BCUT2D eigenvalue weighted by atomic mass is 32.2. The van der Waals surface area contributed by atoms with Crippen LogP contribution in [0.3, 0.4) is 0 Å². The Labute approximate surface area is 188 Å². The van der Waals surface area contributed by atoms with Crippen molar-refractivity contribution in [3.05, 3.63) is 17.5 Å². The van der Waals surface area contributed by atoms with Gasteiger partial charge in [0.25, 0.3) is 0 Å². The van der Waals surface area contributed by atoms with Gasteiger partial charge in [0.15, 0.2) is 18.1 Å². The molecule has 2 atom stereocenters. The van der Waals surface area contributed by atoms with Gasteiger partial charge in [0.2, 0.25) is 12.1 Å². The molecule has 0 aliphatic carbocycles. The summed E-state index contributed by atoms with van der Waals surface area (Å²) in [6.45, 7) is 0.674. The van der Waals surface area contributed by atoms with Crippen molar-refractivity contribution in [3.63, 3.8) is 0 Å². The van der Waals surface area contributed by atoms with Crippen LogP contribution in [-0.2, 0) is 33.0 Å². The maximum Gasteiger partial charge on any atom is 0.352 e. The molecule has 1 aromatic rings. The van der Waals surface area contributed by atoms with Gasteiger partial charge in [-0.25, -0.2) is 18.0 Å². The average molecular weight is 489 g/mol. The van der Waals surface area contributed by atoms with Gasteiger partial charge in [-0.05, 0) is 0 Å². The topological polar surface area (TPSA) is 194 Å². The van der Waals surface area contributed by atoms with Crippen LogP contribution in [0.1, 0.15) is 0 Å². The van der Waals surface area contributed by atoms with E-state index in [0.717, 1.165) is 11.2 Å². The number of urea groups is 1. The molecule has 0 spiro atoms. The molecule has 13 nitrogen and oxygen atoms in total. The standard InChI is InChI=1S/C17H25N7O6S2/c1-22-13(19)11(21-17(28)20-4-3-18)6-23(22)5-9-7-31-15-10(8-32(2,29)30)14(25)24(15)12(9)16(26)27/h6,10,15,19H,3-5,7-8,18H2,1-2H3,(H3,20,21,26,27,28)/p+1/t10-,15-/m1/s1. The number of aliphatic carboxylic acids is 1. The van der Waals surface area contributed by atoms with Gasteiger partial charge in [0, 0.05) is 30.7 Å². The van der Waals surface area contributed by atoms with Crippen molar-refractivity contribution < 1.29 is 32.6 Å². The highest BCUT2D eigenvalue weighted by Gasteiger charge is 2.54. The number of nitrogens with one attached hydrogen (secondary N) is 2. The molecule has 0 aromatic carbocycles. The molecule has 7 N–H and O–H groups in total. The van der Waals surface area contributed by atoms with Crippen molar-refractivity contribution in [2.75, 3.05) is 41.9 Å². The van der Waals surface area contributed by atoms with Crippen LogP contribution < -0.4 is 26.8 Å². The predicted octanol–water partition coefficient (Wildman–Crippen LogP) is -2.11. The number of anilines is 2. The molecule has 1 saturated heterocycles. The minimum atomic E-state index is -3.38. The third-order valence-corrected chi connectivity index (χ3v) is 7.52. The average Bonchev–Trinajstić information content (AvgIpc) is 2.97. The number of nitrogens with two attached hydrogens (primary N) is 2. The highest BCUT2D eigenvalue weighted by Crippen LogP contribution is 2.44. The lowest BCUT2D eigenvalue weighted by atomic mass is 9.97. The molecule has 0 radical (unpaired) electrons. The monoisotopic (exact) mass is 488 g/mol. The Kier molecular flexibility index (Phi) is 6.71. The summed E-state index contributed by atoms with van der Waals surface area (Å²) in [6.07, 6.45) is 2.61. The van der Waals surface area contributed by atoms with E-state index in [9.17, 15) is 27.9 Å². The molecule has 3 amide bonds. The normalized spacial score (nSPS) is 20.6. The Balaban J connectivity index is 1.84. The van der Waals surface area contributed by atoms with Crippen molar-refractivity contribution in [3.8, 4) is 0 Å². The van der Waals surface area contributed by atoms with E-state index < -0.39 is 39.0 Å². The number of hydrogen-bond acceptors (Lipinski definition) is 8. The molecule has 1 fully saturated rings. The van der Waals surface area contributed by atoms with Crippen LogP contribution in [0.25, 0.3) is 0 Å². The first-order valence-corrected chi connectivity index (χ1v) is 12.7. The largest absolute Gasteiger partial charge is 0.477 e. The number of aromatic nitrogens is 2. The first-order chi connectivity index (χ1) is 14.9. The molecule has 0 unspecified atom stereocenters. The summed E-state index contributed by atoms with van der Waals surface area (Å²) in [5.41, 5.74) is 12.1. The molecule has 3 rings (SSSR count). The smallest absolute Gasteiger partial charge is 0.352 e. The van der Waals surface area contributed by atoms with Crippen LogP contribution >= 0.6 is 11.8 Å². The van der Waals surface area contributed by atoms with Crippen LogP contribution in [0.15, 0.2) is 17.5 Å². The fourth-order valence-corrected chi connectivity index (χ4v) is 6.14. The number of carbonyl (C=O) groups is 3. The van der Waals surface area contributed by atoms with E-state index in [1.807, 2.05) is 0 Å². The van der Waals surface area contributed by atoms with Crippen LogP contribution in [-0.4, -0.2) is 77.2 Å². The summed E-state index contributed by atoms with van der Waals surface area (Å²) >= 11 is 1.32. The van der Waals surface area contributed by atoms with E-state index >= 15 is 0 Å². The number of hydrogen-bond donors (Lipinski definition) is 5. The molecule has 1 aromatic heterocycles. The summed E-state index contributed by atoms with van der Waals surface area (Å²) in [5.74, 6) is -2.30. The van der Waals surface area contributed by atoms with Gasteiger partial charge in [-0.2, -0.15) is 0 Å². The number of β-lactam (4-membered cyclic amide) rings is 1. The second-order valence-corrected chi connectivity index (χ2v) is 10.9. The van der Waals surface area contributed by atoms with E-state index in [-0.39, 0.29) is 36.9 Å². The molecule has 3 heterocycles. The van der Waals surface area contributed by atoms with Gasteiger partial charge in [-0.15, -0.1) is 21.1 Å². The van der Waals surface area contributed by atoms with Gasteiger partial charge in [-0.1, -0.05) is 0 Å². The number of rotatable bonds is 8. The van der Waals surface area contributed by atoms with E-state index in [2.05, 4.69) is 10.6 Å². The first kappa shape index (κ1) is 23.9. The van der Waals surface area contributed by atoms with Crippen molar-refractivity contribution in [1.29, 1.82) is 0 Å². The van der Waals surface area contributed by atoms with Crippen molar-refractivity contribution >= 4 is 51.0 Å². The fraction of sp³-hybridized carbons (Fsp3) is 0.529. The van der Waals surface area contributed by atoms with Crippen molar-refractivity contribution in [1.82, 2.24) is 14.9 Å². The summed E-state index contributed by atoms with van der Waals surface area (Å²) in [5, 5.41) is 14.4. The Bertz CT molecular complexity index is 1100. The zero-order chi connectivity index (χ0) is 23.8. The lowest BCUT2D eigenvalue weighted by molar-refractivity contribution is -0.765. The molecular formula is C17H26N7O6S2+. The Morgan fingerprint density at radius 3 is 2.69 bits per heavy atom. The van der Waals surface area contributed by atoms with Crippen LogP contribution in [0.2, 0.25) is 0 Å². The second kappa shape index (κ2) is 8.99. The molecule has 2 aliphatic rings. The second-order valence-electron chi connectivity index (χ2n) is 7.58. The lowest BCUT2D eigenvalue weighted by Crippen LogP contribution is -2.63. The lowest BCUT2D eigenvalue weighted by Gasteiger charge is -2.49. The van der Waals surface area contributed by atoms with Crippen LogP contribution in [0.5, 0.6) is 0 Å². The van der Waals surface area contributed by atoms with E-state index in [1.54, 1.807) is 22.6 Å². The van der Waals surface area contributed by atoms with E-state index in [0.29, 0.717) is 17.0 Å². The van der Waals surface area contributed by atoms with Gasteiger partial charge in [-0.3, -0.25) is 15.0 Å². The summed E-state index contributed by atoms with van der Waals surface area (Å²) < 4.78 is 26.4. The van der Waals surface area contributed by atoms with Crippen molar-refractivity contribution in [2.24, 2.45) is 18.7 Å². The molecule has 2 aliphatic heterocycles. The zero-order valence-corrected chi connectivity index (χ0v) is 19.2. The molecule has 15 heteroatoms. The number of fused-ring (bicyclic) bond motifs is 1. The number of thioether (sulfide) groups is 1. The van der Waals surface area contributed by atoms with Gasteiger partial charge in [0.1, 0.15) is 15.5 Å². The zero-order valence-electron chi connectivity index (χ0n) is 17.6. The molecule has 32 heavy (non-hydrogen) atoms. The molecule has 176 valence electrons. The first-order valence-electron chi connectivity index (χ1n) is 9.62. The van der Waals surface area contributed by atoms with E-state index in [1.165, 1.54) is 11.8 Å². The minimum absolute atomic E-state index is 0.106. The van der Waals surface area contributed by atoms with Gasteiger partial charge < -0.3 is 21.9 Å². The summed E-state index contributed by atoms with van der Waals surface area (Å²) in [4.78, 5) is 37.6. The van der Waals surface area contributed by atoms with Crippen LogP contribution in [0, 0.1) is 5.92 Å². The number of carbonyl (C=O) groups excluding carboxylic acids is 2. The van der Waals surface area contributed by atoms with Crippen LogP contribution in [0.4, 0.5) is 16.3 Å². The Morgan fingerprint density at radius 1 is 1.41 bits per heavy atom. The number of nitrogen functional groups attached to an aromatic ring is 1. The maximum atomic E-state index is 12.6. The Hall–Kier alpha value is -2.78. The van der Waals surface area contributed by atoms with E-state index in [4.69, 9.17) is 11.5 Å². The summed E-state index contributed by atoms with van der Waals surface area (Å²) in [7, 11) is -1.74. The molecular weight excluding hydrogens is 462 g/mol. The number of amides is 3. The Morgan fingerprint density at radius 2 is 2.09 bits per heavy atom. The number of sulfone groups is 1. The molecule has 0 bridgehead atoms. The molecule has 0 saturated carbocycles. The third-order valence-electron chi connectivity index (χ3n) is 5.16. The number of carboxylic acid groups (broad SMARTS) is 1. The SMILES string of the molecule is Cn1c(N)c(NC(=O)NCCN)c[n+]1CC1=C(C(=O)O)N2C(=O)[C@@H](CS(C)(=O)=O)[C@H]2SC1. The van der Waals surface area contributed by atoms with Gasteiger partial charge >= 0.3 is 12.0 Å². The number of carboxylic acids is 1. The highest BCUT2D eigenvalue weighted by molar-refractivity contribution is 8.00. The maximum absolute atomic E-state index is 12.6. The fourth-order valence-electron chi connectivity index (χ4n) is 3.64. The van der Waals surface area contributed by atoms with Gasteiger partial charge in [0.05, 0.1) is 24.1 Å². The predicted molar refractivity (Wildman–Crippen MR) is 117 cm³/mol.